The van der Waals surface area contributed by atoms with Gasteiger partial charge in [-0.1, -0.05) is 42.2 Å². The first-order valence-electron chi connectivity index (χ1n) is 9.15. The Kier molecular flexibility index (Phi) is 6.29. The Labute approximate surface area is 181 Å². The second-order valence-electron chi connectivity index (χ2n) is 7.56. The molecule has 1 fully saturated rings. The highest BCUT2D eigenvalue weighted by molar-refractivity contribution is 7.15. The summed E-state index contributed by atoms with van der Waals surface area (Å²) in [4.78, 5) is 14.1. The van der Waals surface area contributed by atoms with Crippen molar-refractivity contribution < 1.29 is 33.3 Å². The van der Waals surface area contributed by atoms with Crippen molar-refractivity contribution >= 4 is 33.9 Å². The Morgan fingerprint density at radius 1 is 1.15 bits per heavy atom. The van der Waals surface area contributed by atoms with Crippen LogP contribution in [0.2, 0.25) is 5.02 Å². The molecule has 0 radical (unpaired) electrons. The van der Waals surface area contributed by atoms with Gasteiger partial charge in [-0.25, -0.2) is 4.57 Å². The zero-order valence-corrected chi connectivity index (χ0v) is 18.5. The molecular weight excluding hydrogens is 479 g/mol. The smallest absolute Gasteiger partial charge is 0.332 e. The average Bonchev–Trinajstić information content (AvgIpc) is 2.90. The number of Topliss-reactive ketones (excluding diaryl/α,β-unsaturated/α-hetero) is 1. The fourth-order valence-corrected chi connectivity index (χ4v) is 5.89. The highest BCUT2D eigenvalue weighted by Gasteiger charge is 2.39. The number of nitrogens with two attached hydrogens (primary N) is 1. The molecule has 2 aliphatic carbocycles. The summed E-state index contributed by atoms with van der Waals surface area (Å²) in [6.45, 7) is 0.326. The van der Waals surface area contributed by atoms with Crippen LogP contribution in [0, 0.1) is 5.41 Å². The molecule has 0 saturated heterocycles. The van der Waals surface area contributed by atoms with E-state index in [9.17, 15) is 4.79 Å². The van der Waals surface area contributed by atoms with Gasteiger partial charge in [-0.2, -0.15) is 0 Å². The number of nitrogens with zero attached hydrogens (tertiary/aromatic N) is 1. The van der Waals surface area contributed by atoms with Crippen molar-refractivity contribution in [3.05, 3.63) is 45.4 Å². The number of anilines is 1. The van der Waals surface area contributed by atoms with Crippen LogP contribution in [0.4, 0.5) is 5.13 Å². The molecule has 0 atom stereocenters. The first-order valence-corrected chi connectivity index (χ1v) is 10.3. The Bertz CT molecular complexity index is 797. The number of fused-ring (bicyclic) bond motifs is 1. The zero-order valence-electron chi connectivity index (χ0n) is 14.8. The third-order valence-electron chi connectivity index (χ3n) is 5.95. The van der Waals surface area contributed by atoms with Gasteiger partial charge in [0.2, 0.25) is 5.78 Å². The molecule has 6 heteroatoms. The standard InChI is InChI=1S/C20H23ClN2OS.HI/c21-15-6-4-14(5-7-15)17(24)13-23-16-8-11-20(9-2-1-3-10-20)12-18(16)25-19(23)22;/h4-7,22H,1-3,8-13H2;1H. The SMILES string of the molecule is Nc1sc2c([n+]1CC(=O)c1ccc(Cl)cc1)CCC1(CCCCC1)C2.[I-]. The van der Waals surface area contributed by atoms with Gasteiger partial charge in [-0.15, -0.1) is 0 Å². The molecular formula is C20H24ClIN2OS. The topological polar surface area (TPSA) is 47.0 Å². The first kappa shape index (κ1) is 20.1. The summed E-state index contributed by atoms with van der Waals surface area (Å²) in [7, 11) is 0. The number of nitrogen functional groups attached to an aromatic ring is 1. The molecule has 1 saturated carbocycles. The van der Waals surface area contributed by atoms with E-state index in [1.807, 2.05) is 4.57 Å². The molecule has 26 heavy (non-hydrogen) atoms. The number of hydrogen-bond acceptors (Lipinski definition) is 3. The lowest BCUT2D eigenvalue weighted by Crippen LogP contribution is -3.00. The molecule has 0 amide bonds. The zero-order chi connectivity index (χ0) is 17.4. The molecule has 1 aromatic carbocycles. The normalized spacial score (nSPS) is 18.2. The Morgan fingerprint density at radius 2 is 1.85 bits per heavy atom. The minimum atomic E-state index is 0. The monoisotopic (exact) mass is 502 g/mol. The lowest BCUT2D eigenvalue weighted by molar-refractivity contribution is -0.672. The molecule has 0 unspecified atom stereocenters. The number of ketones is 1. The third kappa shape index (κ3) is 3.94. The maximum absolute atomic E-state index is 12.6. The lowest BCUT2D eigenvalue weighted by Gasteiger charge is -2.39. The molecule has 0 bridgehead atoms. The molecule has 1 spiro atoms. The third-order valence-corrected chi connectivity index (χ3v) is 7.26. The van der Waals surface area contributed by atoms with E-state index in [4.69, 9.17) is 17.3 Å². The van der Waals surface area contributed by atoms with E-state index in [0.717, 1.165) is 18.0 Å². The number of benzene rings is 1. The van der Waals surface area contributed by atoms with Gasteiger partial charge in [-0.05, 0) is 55.4 Å². The largest absolute Gasteiger partial charge is 1.00 e. The summed E-state index contributed by atoms with van der Waals surface area (Å²) in [5, 5.41) is 1.41. The van der Waals surface area contributed by atoms with Gasteiger partial charge in [0.05, 0.1) is 4.88 Å². The van der Waals surface area contributed by atoms with Crippen LogP contribution in [0.1, 0.15) is 59.5 Å². The minimum Gasteiger partial charge on any atom is -1.00 e. The Hall–Kier alpha value is -0.660. The van der Waals surface area contributed by atoms with Crippen LogP contribution in [-0.2, 0) is 19.4 Å². The average molecular weight is 503 g/mol. The molecule has 2 N–H and O–H groups in total. The van der Waals surface area contributed by atoms with Crippen LogP contribution >= 0.6 is 22.9 Å². The number of carbonyl (C=O) groups excluding carboxylic acids is 1. The molecule has 2 aliphatic rings. The number of halogens is 2. The van der Waals surface area contributed by atoms with Crippen LogP contribution in [0.5, 0.6) is 0 Å². The maximum Gasteiger partial charge on any atom is 0.332 e. The van der Waals surface area contributed by atoms with Gasteiger partial charge < -0.3 is 24.0 Å². The van der Waals surface area contributed by atoms with Gasteiger partial charge in [0.15, 0.2) is 6.54 Å². The first-order chi connectivity index (χ1) is 12.1. The van der Waals surface area contributed by atoms with Gasteiger partial charge >= 0.3 is 5.13 Å². The summed E-state index contributed by atoms with van der Waals surface area (Å²) in [6, 6.07) is 7.10. The molecule has 1 aromatic heterocycles. The van der Waals surface area contributed by atoms with E-state index in [1.165, 1.54) is 49.1 Å². The second-order valence-corrected chi connectivity index (χ2v) is 9.12. The molecule has 3 nitrogen and oxygen atoms in total. The second kappa shape index (κ2) is 8.15. The van der Waals surface area contributed by atoms with Crippen LogP contribution < -0.4 is 34.3 Å². The van der Waals surface area contributed by atoms with Crippen molar-refractivity contribution in [3.63, 3.8) is 0 Å². The van der Waals surface area contributed by atoms with Crippen LogP contribution in [0.25, 0.3) is 0 Å². The van der Waals surface area contributed by atoms with E-state index in [-0.39, 0.29) is 29.8 Å². The number of rotatable bonds is 3. The molecule has 1 heterocycles. The number of carbonyl (C=O) groups is 1. The highest BCUT2D eigenvalue weighted by Crippen LogP contribution is 2.47. The van der Waals surface area contributed by atoms with Crippen molar-refractivity contribution in [3.8, 4) is 0 Å². The highest BCUT2D eigenvalue weighted by atomic mass is 127. The summed E-state index contributed by atoms with van der Waals surface area (Å²) in [5.41, 5.74) is 8.78. The van der Waals surface area contributed by atoms with Gasteiger partial charge in [0.1, 0.15) is 5.69 Å². The molecule has 4 rings (SSSR count). The fraction of sp³-hybridized carbons (Fsp3) is 0.500. The Morgan fingerprint density at radius 3 is 2.54 bits per heavy atom. The minimum absolute atomic E-state index is 0. The fourth-order valence-electron chi connectivity index (χ4n) is 4.52. The number of thiazole rings is 1. The van der Waals surface area contributed by atoms with Crippen molar-refractivity contribution in [2.24, 2.45) is 5.41 Å². The number of aromatic nitrogens is 1. The molecule has 0 aliphatic heterocycles. The van der Waals surface area contributed by atoms with E-state index < -0.39 is 0 Å². The maximum atomic E-state index is 12.6. The Balaban J connectivity index is 0.00000196. The van der Waals surface area contributed by atoms with E-state index in [0.29, 0.717) is 22.5 Å². The van der Waals surface area contributed by atoms with Crippen molar-refractivity contribution in [2.75, 3.05) is 5.73 Å². The summed E-state index contributed by atoms with van der Waals surface area (Å²) in [6.07, 6.45) is 10.3. The van der Waals surface area contributed by atoms with Crippen LogP contribution in [0.3, 0.4) is 0 Å². The van der Waals surface area contributed by atoms with Gasteiger partial charge in [-0.3, -0.25) is 10.5 Å². The van der Waals surface area contributed by atoms with Crippen molar-refractivity contribution in [2.45, 2.75) is 57.9 Å². The predicted octanol–water partition coefficient (Wildman–Crippen LogP) is 1.60. The lowest BCUT2D eigenvalue weighted by atomic mass is 9.66. The predicted molar refractivity (Wildman–Crippen MR) is 102 cm³/mol. The summed E-state index contributed by atoms with van der Waals surface area (Å²) >= 11 is 7.61. The van der Waals surface area contributed by atoms with E-state index >= 15 is 0 Å². The molecule has 140 valence electrons. The van der Waals surface area contributed by atoms with Crippen LogP contribution in [-0.4, -0.2) is 5.78 Å². The van der Waals surface area contributed by atoms with Crippen molar-refractivity contribution in [1.29, 1.82) is 0 Å². The quantitative estimate of drug-likeness (QED) is 0.394. The van der Waals surface area contributed by atoms with Crippen molar-refractivity contribution in [1.82, 2.24) is 0 Å². The summed E-state index contributed by atoms with van der Waals surface area (Å²) in [5.74, 6) is 0.0897. The summed E-state index contributed by atoms with van der Waals surface area (Å²) < 4.78 is 2.05. The van der Waals surface area contributed by atoms with Crippen LogP contribution in [0.15, 0.2) is 24.3 Å². The van der Waals surface area contributed by atoms with Gasteiger partial charge in [0, 0.05) is 17.0 Å². The number of hydrogen-bond donors (Lipinski definition) is 1. The van der Waals surface area contributed by atoms with E-state index in [2.05, 4.69) is 0 Å². The van der Waals surface area contributed by atoms with E-state index in [1.54, 1.807) is 35.6 Å². The van der Waals surface area contributed by atoms with Gasteiger partial charge in [0.25, 0.3) is 0 Å². The molecule has 2 aromatic rings.